The first-order valence-corrected chi connectivity index (χ1v) is 6.81. The molecule has 1 aromatic carbocycles. The molecule has 20 heavy (non-hydrogen) atoms. The van der Waals surface area contributed by atoms with E-state index in [1.165, 1.54) is 7.11 Å². The predicted molar refractivity (Wildman–Crippen MR) is 76.7 cm³/mol. The van der Waals surface area contributed by atoms with E-state index in [0.29, 0.717) is 11.3 Å². The number of hydrogen-bond acceptors (Lipinski definition) is 4. The van der Waals surface area contributed by atoms with Gasteiger partial charge in [0.05, 0.1) is 23.9 Å². The molecule has 0 saturated carbocycles. The van der Waals surface area contributed by atoms with Crippen molar-refractivity contribution in [1.82, 2.24) is 5.32 Å². The Morgan fingerprint density at radius 1 is 1.30 bits per heavy atom. The Labute approximate surface area is 118 Å². The van der Waals surface area contributed by atoms with Gasteiger partial charge >= 0.3 is 5.97 Å². The van der Waals surface area contributed by atoms with Crippen molar-refractivity contribution in [2.75, 3.05) is 19.0 Å². The molecule has 0 aromatic heterocycles. The number of rotatable bonds is 3. The molecule has 0 radical (unpaired) electrons. The molecule has 1 unspecified atom stereocenters. The average Bonchev–Trinajstić information content (AvgIpc) is 2.47. The highest BCUT2D eigenvalue weighted by atomic mass is 16.5. The second-order valence-corrected chi connectivity index (χ2v) is 5.21. The number of benzene rings is 1. The Morgan fingerprint density at radius 2 is 2.05 bits per heavy atom. The fourth-order valence-corrected chi connectivity index (χ4v) is 2.39. The summed E-state index contributed by atoms with van der Waals surface area (Å²) in [7, 11) is 1.32. The van der Waals surface area contributed by atoms with Crippen LogP contribution in [0.4, 0.5) is 5.69 Å². The second-order valence-electron chi connectivity index (χ2n) is 5.21. The number of nitrogens with one attached hydrogen (secondary N) is 2. The number of anilines is 1. The summed E-state index contributed by atoms with van der Waals surface area (Å²) in [6.45, 7) is 2.73. The van der Waals surface area contributed by atoms with Crippen LogP contribution in [-0.2, 0) is 9.53 Å². The molecule has 1 amide bonds. The number of carbonyl (C=O) groups excluding carboxylic acids is 2. The molecule has 2 rings (SSSR count). The lowest BCUT2D eigenvalue weighted by atomic mass is 9.90. The number of piperidine rings is 1. The van der Waals surface area contributed by atoms with Crippen LogP contribution in [0.5, 0.6) is 0 Å². The van der Waals surface area contributed by atoms with E-state index in [-0.39, 0.29) is 5.91 Å². The molecule has 2 N–H and O–H groups in total. The molecule has 0 bridgehead atoms. The Bertz CT molecular complexity index is 508. The summed E-state index contributed by atoms with van der Waals surface area (Å²) in [6.07, 6.45) is 2.90. The van der Waals surface area contributed by atoms with Crippen LogP contribution in [0, 0.1) is 0 Å². The molecule has 0 aliphatic carbocycles. The maximum Gasteiger partial charge on any atom is 0.339 e. The highest BCUT2D eigenvalue weighted by Crippen LogP contribution is 2.22. The predicted octanol–water partition coefficient (Wildman–Crippen LogP) is 1.94. The summed E-state index contributed by atoms with van der Waals surface area (Å²) in [5, 5.41) is 6.08. The van der Waals surface area contributed by atoms with Gasteiger partial charge in [-0.15, -0.1) is 0 Å². The summed E-state index contributed by atoms with van der Waals surface area (Å²) in [4.78, 5) is 24.1. The smallest absolute Gasteiger partial charge is 0.339 e. The minimum absolute atomic E-state index is 0.117. The van der Waals surface area contributed by atoms with E-state index in [9.17, 15) is 9.59 Å². The lowest BCUT2D eigenvalue weighted by Crippen LogP contribution is -2.54. The Hall–Kier alpha value is -1.88. The van der Waals surface area contributed by atoms with Crippen molar-refractivity contribution in [1.29, 1.82) is 0 Å². The van der Waals surface area contributed by atoms with Crippen LogP contribution in [0.3, 0.4) is 0 Å². The summed E-state index contributed by atoms with van der Waals surface area (Å²) >= 11 is 0. The third kappa shape index (κ3) is 2.99. The van der Waals surface area contributed by atoms with Gasteiger partial charge in [-0.25, -0.2) is 4.79 Å². The van der Waals surface area contributed by atoms with Crippen molar-refractivity contribution in [3.05, 3.63) is 29.8 Å². The van der Waals surface area contributed by atoms with Crippen LogP contribution in [0.1, 0.15) is 36.5 Å². The molecule has 108 valence electrons. The lowest BCUT2D eigenvalue weighted by molar-refractivity contribution is -0.122. The van der Waals surface area contributed by atoms with Gasteiger partial charge in [0.25, 0.3) is 0 Å². The van der Waals surface area contributed by atoms with Gasteiger partial charge in [-0.3, -0.25) is 4.79 Å². The fourth-order valence-electron chi connectivity index (χ4n) is 2.39. The third-order valence-corrected chi connectivity index (χ3v) is 3.70. The van der Waals surface area contributed by atoms with E-state index in [1.807, 2.05) is 6.92 Å². The highest BCUT2D eigenvalue weighted by Gasteiger charge is 2.34. The minimum atomic E-state index is -0.582. The summed E-state index contributed by atoms with van der Waals surface area (Å²) in [6, 6.07) is 6.86. The maximum atomic E-state index is 12.4. The van der Waals surface area contributed by atoms with Crippen LogP contribution < -0.4 is 10.6 Å². The number of esters is 1. The fraction of sp³-hybridized carbons (Fsp3) is 0.467. The number of carbonyl (C=O) groups is 2. The second kappa shape index (κ2) is 6.05. The number of hydrogen-bond donors (Lipinski definition) is 2. The van der Waals surface area contributed by atoms with Crippen LogP contribution in [0.25, 0.3) is 0 Å². The molecule has 5 nitrogen and oxygen atoms in total. The standard InChI is InChI=1S/C15H20N2O3/c1-15(9-5-6-10-16-15)14(19)17-12-8-4-3-7-11(12)13(18)20-2/h3-4,7-8,16H,5-6,9-10H2,1-2H3,(H,17,19). The first-order valence-electron chi connectivity index (χ1n) is 6.81. The van der Waals surface area contributed by atoms with E-state index in [0.717, 1.165) is 25.8 Å². The summed E-state index contributed by atoms with van der Waals surface area (Å²) in [5.41, 5.74) is 0.266. The van der Waals surface area contributed by atoms with Gasteiger partial charge in [-0.2, -0.15) is 0 Å². The van der Waals surface area contributed by atoms with Crippen molar-refractivity contribution in [2.45, 2.75) is 31.7 Å². The van der Waals surface area contributed by atoms with Gasteiger partial charge in [-0.05, 0) is 44.9 Å². The Kier molecular flexibility index (Phi) is 4.39. The minimum Gasteiger partial charge on any atom is -0.465 e. The maximum absolute atomic E-state index is 12.4. The van der Waals surface area contributed by atoms with E-state index in [1.54, 1.807) is 24.3 Å². The lowest BCUT2D eigenvalue weighted by Gasteiger charge is -2.33. The summed E-state index contributed by atoms with van der Waals surface area (Å²) < 4.78 is 4.72. The van der Waals surface area contributed by atoms with Crippen molar-refractivity contribution in [3.8, 4) is 0 Å². The van der Waals surface area contributed by atoms with Gasteiger partial charge in [0.2, 0.25) is 5.91 Å². The number of amides is 1. The van der Waals surface area contributed by atoms with Gasteiger partial charge < -0.3 is 15.4 Å². The van der Waals surface area contributed by atoms with Crippen LogP contribution in [0.15, 0.2) is 24.3 Å². The quantitative estimate of drug-likeness (QED) is 0.828. The van der Waals surface area contributed by atoms with E-state index in [2.05, 4.69) is 10.6 Å². The van der Waals surface area contributed by atoms with E-state index in [4.69, 9.17) is 4.74 Å². The molecule has 1 atom stereocenters. The molecule has 1 fully saturated rings. The number of ether oxygens (including phenoxy) is 1. The molecule has 1 aliphatic rings. The van der Waals surface area contributed by atoms with Gasteiger partial charge in [0, 0.05) is 0 Å². The van der Waals surface area contributed by atoms with Crippen LogP contribution in [0.2, 0.25) is 0 Å². The average molecular weight is 276 g/mol. The van der Waals surface area contributed by atoms with Gasteiger partial charge in [0.1, 0.15) is 0 Å². The largest absolute Gasteiger partial charge is 0.465 e. The first-order chi connectivity index (χ1) is 9.57. The van der Waals surface area contributed by atoms with Gasteiger partial charge in [-0.1, -0.05) is 12.1 Å². The van der Waals surface area contributed by atoms with E-state index >= 15 is 0 Å². The number of methoxy groups -OCH3 is 1. The van der Waals surface area contributed by atoms with Crippen molar-refractivity contribution in [3.63, 3.8) is 0 Å². The number of para-hydroxylation sites is 1. The SMILES string of the molecule is COC(=O)c1ccccc1NC(=O)C1(C)CCCCN1. The molecule has 0 spiro atoms. The zero-order chi connectivity index (χ0) is 14.6. The molecule has 1 heterocycles. The topological polar surface area (TPSA) is 67.4 Å². The molecular weight excluding hydrogens is 256 g/mol. The molecule has 1 aliphatic heterocycles. The molecular formula is C15H20N2O3. The Balaban J connectivity index is 2.17. The Morgan fingerprint density at radius 3 is 2.70 bits per heavy atom. The zero-order valence-electron chi connectivity index (χ0n) is 11.9. The van der Waals surface area contributed by atoms with Crippen LogP contribution in [-0.4, -0.2) is 31.1 Å². The molecule has 1 aromatic rings. The molecule has 5 heteroatoms. The van der Waals surface area contributed by atoms with E-state index < -0.39 is 11.5 Å². The molecule has 1 saturated heterocycles. The monoisotopic (exact) mass is 276 g/mol. The summed E-state index contributed by atoms with van der Waals surface area (Å²) in [5.74, 6) is -0.573. The normalized spacial score (nSPS) is 22.1. The van der Waals surface area contributed by atoms with Crippen molar-refractivity contribution in [2.24, 2.45) is 0 Å². The van der Waals surface area contributed by atoms with Crippen LogP contribution >= 0.6 is 0 Å². The first kappa shape index (κ1) is 14.5. The zero-order valence-corrected chi connectivity index (χ0v) is 11.9. The third-order valence-electron chi connectivity index (χ3n) is 3.70. The highest BCUT2D eigenvalue weighted by molar-refractivity contribution is 6.04. The van der Waals surface area contributed by atoms with Gasteiger partial charge in [0.15, 0.2) is 0 Å². The van der Waals surface area contributed by atoms with Crippen molar-refractivity contribution >= 4 is 17.6 Å². The van der Waals surface area contributed by atoms with Crippen molar-refractivity contribution < 1.29 is 14.3 Å².